The number of benzene rings is 1. The number of hydrogen-bond acceptors (Lipinski definition) is 0. The van der Waals surface area contributed by atoms with Crippen LogP contribution in [0.3, 0.4) is 0 Å². The van der Waals surface area contributed by atoms with E-state index in [4.69, 9.17) is 11.6 Å². The molecule has 0 aromatic heterocycles. The molecule has 1 radical (unpaired) electrons. The van der Waals surface area contributed by atoms with Crippen LogP contribution in [0.4, 0.5) is 0 Å². The number of halogens is 1. The van der Waals surface area contributed by atoms with Crippen LogP contribution < -0.4 is 0 Å². The molecule has 11 heavy (non-hydrogen) atoms. The Balaban J connectivity index is 2.23. The van der Waals surface area contributed by atoms with Crippen molar-refractivity contribution >= 4 is 11.6 Å². The van der Waals surface area contributed by atoms with Gasteiger partial charge in [-0.3, -0.25) is 0 Å². The van der Waals surface area contributed by atoms with Gasteiger partial charge in [0.1, 0.15) is 0 Å². The summed E-state index contributed by atoms with van der Waals surface area (Å²) in [6.45, 7) is 0. The van der Waals surface area contributed by atoms with E-state index in [1.165, 1.54) is 24.8 Å². The molecule has 0 aliphatic heterocycles. The fraction of sp³-hybridized carbons (Fsp3) is 0.400. The normalized spacial score (nSPS) is 17.9. The molecule has 0 bridgehead atoms. The zero-order chi connectivity index (χ0) is 7.68. The Kier molecular flexibility index (Phi) is 1.87. The molecule has 0 spiro atoms. The molecule has 0 heterocycles. The van der Waals surface area contributed by atoms with Crippen molar-refractivity contribution in [3.8, 4) is 0 Å². The smallest absolute Gasteiger partial charge is 0.0487 e. The zero-order valence-electron chi connectivity index (χ0n) is 6.31. The summed E-state index contributed by atoms with van der Waals surface area (Å²) in [4.78, 5) is 0. The molecule has 0 amide bonds. The van der Waals surface area contributed by atoms with Crippen molar-refractivity contribution in [2.75, 3.05) is 0 Å². The van der Waals surface area contributed by atoms with E-state index in [1.54, 1.807) is 0 Å². The van der Waals surface area contributed by atoms with Crippen LogP contribution in [-0.4, -0.2) is 0 Å². The molecule has 1 heteroatoms. The summed E-state index contributed by atoms with van der Waals surface area (Å²) in [5, 5.41) is 0.745. The monoisotopic (exact) mass is 165 g/mol. The lowest BCUT2D eigenvalue weighted by molar-refractivity contribution is 0.419. The highest BCUT2D eigenvalue weighted by Crippen LogP contribution is 2.36. The van der Waals surface area contributed by atoms with Gasteiger partial charge < -0.3 is 0 Å². The lowest BCUT2D eigenvalue weighted by atomic mass is 9.80. The van der Waals surface area contributed by atoms with Crippen LogP contribution in [-0.2, 0) is 0 Å². The molecule has 1 aromatic rings. The van der Waals surface area contributed by atoms with Crippen LogP contribution in [0.5, 0.6) is 0 Å². The van der Waals surface area contributed by atoms with Crippen molar-refractivity contribution in [3.63, 3.8) is 0 Å². The van der Waals surface area contributed by atoms with Gasteiger partial charge >= 0.3 is 0 Å². The molecule has 2 rings (SSSR count). The van der Waals surface area contributed by atoms with Crippen LogP contribution in [0.1, 0.15) is 30.7 Å². The summed E-state index contributed by atoms with van der Waals surface area (Å²) in [7, 11) is 0. The molecular weight excluding hydrogens is 156 g/mol. The Bertz CT molecular complexity index is 251. The summed E-state index contributed by atoms with van der Waals surface area (Å²) < 4.78 is 0. The van der Waals surface area contributed by atoms with E-state index in [0.29, 0.717) is 0 Å². The Hall–Kier alpha value is -0.490. The van der Waals surface area contributed by atoms with Gasteiger partial charge in [0.2, 0.25) is 0 Å². The first-order valence-corrected chi connectivity index (χ1v) is 4.42. The molecule has 57 valence electrons. The quantitative estimate of drug-likeness (QED) is 0.599. The minimum absolute atomic E-state index is 0.744. The van der Waals surface area contributed by atoms with Gasteiger partial charge in [-0.05, 0) is 30.4 Å². The van der Waals surface area contributed by atoms with Crippen LogP contribution in [0, 0.1) is 6.07 Å². The number of hydrogen-bond donors (Lipinski definition) is 0. The molecule has 1 aliphatic rings. The molecule has 1 fully saturated rings. The highest BCUT2D eigenvalue weighted by atomic mass is 35.5. The fourth-order valence-corrected chi connectivity index (χ4v) is 1.60. The first-order valence-electron chi connectivity index (χ1n) is 4.04. The Morgan fingerprint density at radius 3 is 2.73 bits per heavy atom. The van der Waals surface area contributed by atoms with Crippen molar-refractivity contribution in [1.29, 1.82) is 0 Å². The summed E-state index contributed by atoms with van der Waals surface area (Å²) in [5.74, 6) is 0.744. The van der Waals surface area contributed by atoms with Gasteiger partial charge in [0, 0.05) is 11.1 Å². The maximum absolute atomic E-state index is 5.81. The maximum atomic E-state index is 5.81. The van der Waals surface area contributed by atoms with E-state index in [2.05, 4.69) is 12.1 Å². The van der Waals surface area contributed by atoms with Crippen molar-refractivity contribution in [3.05, 3.63) is 34.9 Å². The topological polar surface area (TPSA) is 0 Å². The Labute approximate surface area is 72.2 Å². The van der Waals surface area contributed by atoms with E-state index in [9.17, 15) is 0 Å². The highest BCUT2D eigenvalue weighted by Gasteiger charge is 2.19. The highest BCUT2D eigenvalue weighted by molar-refractivity contribution is 6.30. The predicted molar refractivity (Wildman–Crippen MR) is 46.9 cm³/mol. The van der Waals surface area contributed by atoms with E-state index in [-0.39, 0.29) is 0 Å². The van der Waals surface area contributed by atoms with E-state index in [1.807, 2.05) is 12.1 Å². The van der Waals surface area contributed by atoms with Gasteiger partial charge in [0.05, 0.1) is 0 Å². The second kappa shape index (κ2) is 2.86. The number of rotatable bonds is 1. The minimum Gasteiger partial charge on any atom is -0.0837 e. The lowest BCUT2D eigenvalue weighted by Gasteiger charge is -2.25. The molecule has 1 aromatic carbocycles. The van der Waals surface area contributed by atoms with Crippen LogP contribution >= 0.6 is 11.6 Å². The van der Waals surface area contributed by atoms with Crippen molar-refractivity contribution < 1.29 is 0 Å². The van der Waals surface area contributed by atoms with Gasteiger partial charge in [-0.1, -0.05) is 30.2 Å². The second-order valence-electron chi connectivity index (χ2n) is 3.08. The van der Waals surface area contributed by atoms with E-state index >= 15 is 0 Å². The van der Waals surface area contributed by atoms with Crippen molar-refractivity contribution in [2.24, 2.45) is 0 Å². The largest absolute Gasteiger partial charge is 0.0837 e. The average Bonchev–Trinajstić information content (AvgIpc) is 1.83. The van der Waals surface area contributed by atoms with Gasteiger partial charge in [-0.15, -0.1) is 0 Å². The first kappa shape index (κ1) is 7.17. The Morgan fingerprint density at radius 1 is 1.36 bits per heavy atom. The van der Waals surface area contributed by atoms with Crippen molar-refractivity contribution in [1.82, 2.24) is 0 Å². The molecule has 0 unspecified atom stereocenters. The summed E-state index contributed by atoms with van der Waals surface area (Å²) in [6, 6.07) is 9.18. The van der Waals surface area contributed by atoms with Gasteiger partial charge in [-0.2, -0.15) is 0 Å². The second-order valence-corrected chi connectivity index (χ2v) is 3.49. The minimum atomic E-state index is 0.744. The van der Waals surface area contributed by atoms with Crippen molar-refractivity contribution in [2.45, 2.75) is 25.2 Å². The van der Waals surface area contributed by atoms with Gasteiger partial charge in [0.25, 0.3) is 0 Å². The summed E-state index contributed by atoms with van der Waals surface area (Å²) >= 11 is 5.81. The van der Waals surface area contributed by atoms with E-state index < -0.39 is 0 Å². The molecular formula is C10H10Cl. The molecule has 0 atom stereocenters. The zero-order valence-corrected chi connectivity index (χ0v) is 7.06. The SMILES string of the molecule is Clc1[c]c(C2CCC2)ccc1. The molecule has 0 saturated heterocycles. The third kappa shape index (κ3) is 1.41. The van der Waals surface area contributed by atoms with E-state index in [0.717, 1.165) is 10.9 Å². The summed E-state index contributed by atoms with van der Waals surface area (Å²) in [5.41, 5.74) is 1.30. The predicted octanol–water partition coefficient (Wildman–Crippen LogP) is 3.41. The van der Waals surface area contributed by atoms with Crippen LogP contribution in [0.2, 0.25) is 5.02 Å². The molecule has 1 saturated carbocycles. The standard InChI is InChI=1S/C10H10Cl/c11-10-6-2-5-9(7-10)8-3-1-4-8/h2,5-6,8H,1,3-4H2. The van der Waals surface area contributed by atoms with Crippen LogP contribution in [0.25, 0.3) is 0 Å². The third-order valence-corrected chi connectivity index (χ3v) is 2.55. The average molecular weight is 166 g/mol. The van der Waals surface area contributed by atoms with Gasteiger partial charge in [0.15, 0.2) is 0 Å². The van der Waals surface area contributed by atoms with Crippen LogP contribution in [0.15, 0.2) is 18.2 Å². The molecule has 1 aliphatic carbocycles. The lowest BCUT2D eigenvalue weighted by Crippen LogP contribution is -2.08. The van der Waals surface area contributed by atoms with Gasteiger partial charge in [-0.25, -0.2) is 0 Å². The molecule has 0 N–H and O–H groups in total. The first-order chi connectivity index (χ1) is 5.36. The third-order valence-electron chi connectivity index (χ3n) is 2.33. The fourth-order valence-electron chi connectivity index (χ4n) is 1.41. The maximum Gasteiger partial charge on any atom is 0.0487 e. The molecule has 0 nitrogen and oxygen atoms in total. The Morgan fingerprint density at radius 2 is 2.18 bits per heavy atom. The summed E-state index contributed by atoms with van der Waals surface area (Å²) in [6.07, 6.45) is 4.00.